The number of benzene rings is 2. The Morgan fingerprint density at radius 1 is 1.17 bits per heavy atom. The van der Waals surface area contributed by atoms with Crippen LogP contribution in [0, 0.1) is 0 Å². The maximum absolute atomic E-state index is 13.4. The third-order valence-electron chi connectivity index (χ3n) is 5.96. The van der Waals surface area contributed by atoms with Crippen LogP contribution in [0.3, 0.4) is 0 Å². The van der Waals surface area contributed by atoms with Gasteiger partial charge in [-0.1, -0.05) is 24.3 Å². The Bertz CT molecular complexity index is 923. The molecule has 0 aliphatic carbocycles. The highest BCUT2D eigenvalue weighted by Gasteiger charge is 2.44. The molecule has 6 heteroatoms. The molecular weight excluding hydrogens is 366 g/mol. The zero-order valence-electron chi connectivity index (χ0n) is 17.1. The maximum atomic E-state index is 13.4. The van der Waals surface area contributed by atoms with Crippen molar-refractivity contribution in [1.29, 1.82) is 0 Å². The molecule has 29 heavy (non-hydrogen) atoms. The highest BCUT2D eigenvalue weighted by atomic mass is 16.5. The first-order chi connectivity index (χ1) is 13.9. The first-order valence-electron chi connectivity index (χ1n) is 10.0. The summed E-state index contributed by atoms with van der Waals surface area (Å²) in [6.45, 7) is 4.73. The van der Waals surface area contributed by atoms with Crippen molar-refractivity contribution in [2.75, 3.05) is 30.4 Å². The molecule has 0 spiro atoms. The van der Waals surface area contributed by atoms with Gasteiger partial charge in [-0.15, -0.1) is 0 Å². The van der Waals surface area contributed by atoms with E-state index < -0.39 is 5.54 Å². The van der Waals surface area contributed by atoms with Crippen LogP contribution in [-0.4, -0.2) is 42.5 Å². The van der Waals surface area contributed by atoms with Crippen LogP contribution in [0.5, 0.6) is 5.75 Å². The van der Waals surface area contributed by atoms with Crippen LogP contribution in [0.2, 0.25) is 0 Å². The summed E-state index contributed by atoms with van der Waals surface area (Å²) < 4.78 is 5.26. The van der Waals surface area contributed by atoms with Gasteiger partial charge in [0.1, 0.15) is 11.3 Å². The van der Waals surface area contributed by atoms with Crippen molar-refractivity contribution in [2.45, 2.75) is 38.3 Å². The Morgan fingerprint density at radius 3 is 2.62 bits per heavy atom. The van der Waals surface area contributed by atoms with Crippen molar-refractivity contribution < 1.29 is 14.3 Å². The van der Waals surface area contributed by atoms with Gasteiger partial charge in [0, 0.05) is 6.04 Å². The average molecular weight is 393 g/mol. The van der Waals surface area contributed by atoms with Crippen LogP contribution in [0.1, 0.15) is 38.3 Å². The topological polar surface area (TPSA) is 61.9 Å². The minimum absolute atomic E-state index is 0.0577. The molecule has 4 rings (SSSR count). The average Bonchev–Trinajstić information content (AvgIpc) is 3.16. The van der Waals surface area contributed by atoms with Crippen LogP contribution in [0.4, 0.5) is 11.4 Å². The predicted molar refractivity (Wildman–Crippen MR) is 113 cm³/mol. The van der Waals surface area contributed by atoms with E-state index in [9.17, 15) is 9.59 Å². The fourth-order valence-corrected chi connectivity index (χ4v) is 4.36. The minimum Gasteiger partial charge on any atom is -0.497 e. The number of carbonyl (C=O) groups is 2. The summed E-state index contributed by atoms with van der Waals surface area (Å²) in [5.41, 5.74) is 1.67. The molecule has 2 aromatic rings. The number of hydrogen-bond donors (Lipinski definition) is 1. The zero-order valence-corrected chi connectivity index (χ0v) is 17.1. The Morgan fingerprint density at radius 2 is 1.90 bits per heavy atom. The Labute approximate surface area is 171 Å². The van der Waals surface area contributed by atoms with E-state index in [2.05, 4.69) is 22.3 Å². The Hall–Kier alpha value is -2.86. The summed E-state index contributed by atoms with van der Waals surface area (Å²) in [5.74, 6) is 0.599. The van der Waals surface area contributed by atoms with Crippen molar-refractivity contribution in [3.63, 3.8) is 0 Å². The molecule has 152 valence electrons. The van der Waals surface area contributed by atoms with E-state index in [1.54, 1.807) is 25.9 Å². The fourth-order valence-electron chi connectivity index (χ4n) is 4.36. The molecule has 1 N–H and O–H groups in total. The lowest BCUT2D eigenvalue weighted by Crippen LogP contribution is -2.60. The minimum atomic E-state index is -0.944. The normalized spacial score (nSPS) is 20.9. The zero-order chi connectivity index (χ0) is 20.6. The van der Waals surface area contributed by atoms with Crippen molar-refractivity contribution in [1.82, 2.24) is 4.90 Å². The van der Waals surface area contributed by atoms with Gasteiger partial charge >= 0.3 is 0 Å². The molecule has 0 radical (unpaired) electrons. The van der Waals surface area contributed by atoms with Gasteiger partial charge in [-0.25, -0.2) is 0 Å². The number of para-hydroxylation sites is 2. The van der Waals surface area contributed by atoms with Crippen LogP contribution < -0.4 is 15.0 Å². The van der Waals surface area contributed by atoms with Gasteiger partial charge in [0.05, 0.1) is 25.0 Å². The predicted octanol–water partition coefficient (Wildman–Crippen LogP) is 3.60. The van der Waals surface area contributed by atoms with Gasteiger partial charge in [0.25, 0.3) is 0 Å². The maximum Gasteiger partial charge on any atom is 0.250 e. The molecule has 0 saturated carbocycles. The lowest BCUT2D eigenvalue weighted by atomic mass is 9.96. The van der Waals surface area contributed by atoms with E-state index in [0.717, 1.165) is 30.8 Å². The number of nitrogens with zero attached hydrogens (tertiary/aromatic N) is 2. The van der Waals surface area contributed by atoms with Gasteiger partial charge < -0.3 is 10.1 Å². The second-order valence-electron chi connectivity index (χ2n) is 8.16. The second kappa shape index (κ2) is 7.52. The quantitative estimate of drug-likeness (QED) is 0.862. The largest absolute Gasteiger partial charge is 0.497 e. The third kappa shape index (κ3) is 3.49. The van der Waals surface area contributed by atoms with E-state index in [4.69, 9.17) is 4.74 Å². The first-order valence-corrected chi connectivity index (χ1v) is 10.0. The molecule has 6 nitrogen and oxygen atoms in total. The summed E-state index contributed by atoms with van der Waals surface area (Å²) in [4.78, 5) is 30.0. The summed E-state index contributed by atoms with van der Waals surface area (Å²) in [7, 11) is 1.66. The van der Waals surface area contributed by atoms with E-state index in [1.807, 2.05) is 36.4 Å². The molecule has 2 aliphatic heterocycles. The van der Waals surface area contributed by atoms with Crippen molar-refractivity contribution in [2.24, 2.45) is 0 Å². The summed E-state index contributed by atoms with van der Waals surface area (Å²) in [6, 6.07) is 15.7. The molecule has 1 atom stereocenters. The van der Waals surface area contributed by atoms with Crippen LogP contribution in [0.25, 0.3) is 0 Å². The number of nitrogens with one attached hydrogen (secondary N) is 1. The number of anilines is 2. The molecule has 0 aromatic heterocycles. The third-order valence-corrected chi connectivity index (χ3v) is 5.96. The molecule has 0 bridgehead atoms. The second-order valence-corrected chi connectivity index (χ2v) is 8.16. The van der Waals surface area contributed by atoms with Crippen LogP contribution >= 0.6 is 0 Å². The molecule has 2 aromatic carbocycles. The summed E-state index contributed by atoms with van der Waals surface area (Å²) >= 11 is 0. The number of carbonyl (C=O) groups excluding carboxylic acids is 2. The number of hydrogen-bond acceptors (Lipinski definition) is 4. The monoisotopic (exact) mass is 393 g/mol. The Kier molecular flexibility index (Phi) is 5.04. The molecule has 1 fully saturated rings. The number of methoxy groups -OCH3 is 1. The number of amides is 2. The molecule has 2 amide bonds. The van der Waals surface area contributed by atoms with Gasteiger partial charge in [0.2, 0.25) is 11.8 Å². The van der Waals surface area contributed by atoms with Gasteiger partial charge in [0.15, 0.2) is 0 Å². The van der Waals surface area contributed by atoms with Crippen LogP contribution in [-0.2, 0) is 9.59 Å². The fraction of sp³-hybridized carbons (Fsp3) is 0.391. The van der Waals surface area contributed by atoms with Gasteiger partial charge in [-0.2, -0.15) is 0 Å². The van der Waals surface area contributed by atoms with E-state index >= 15 is 0 Å². The number of likely N-dealkylation sites (tertiary alicyclic amines) is 1. The van der Waals surface area contributed by atoms with Crippen molar-refractivity contribution in [3.8, 4) is 5.75 Å². The highest BCUT2D eigenvalue weighted by molar-refractivity contribution is 6.14. The lowest BCUT2D eigenvalue weighted by Gasteiger charge is -2.43. The molecule has 2 heterocycles. The molecule has 1 saturated heterocycles. The first kappa shape index (κ1) is 19.5. The van der Waals surface area contributed by atoms with E-state index in [1.165, 1.54) is 5.56 Å². The molecule has 1 unspecified atom stereocenters. The molecule has 2 aliphatic rings. The highest BCUT2D eigenvalue weighted by Crippen LogP contribution is 2.38. The number of rotatable bonds is 4. The van der Waals surface area contributed by atoms with Crippen LogP contribution in [0.15, 0.2) is 48.5 Å². The van der Waals surface area contributed by atoms with Crippen molar-refractivity contribution >= 4 is 23.2 Å². The van der Waals surface area contributed by atoms with Gasteiger partial charge in [-0.05, 0) is 63.1 Å². The SMILES string of the molecule is COc1ccc(C2CCCN2CC(=O)N2c3ccccc3NC(=O)C2(C)C)cc1. The summed E-state index contributed by atoms with van der Waals surface area (Å²) in [5, 5.41) is 2.92. The van der Waals surface area contributed by atoms with E-state index in [0.29, 0.717) is 5.69 Å². The Balaban J connectivity index is 1.58. The lowest BCUT2D eigenvalue weighted by molar-refractivity contribution is -0.127. The van der Waals surface area contributed by atoms with Crippen molar-refractivity contribution in [3.05, 3.63) is 54.1 Å². The smallest absolute Gasteiger partial charge is 0.250 e. The van der Waals surface area contributed by atoms with Gasteiger partial charge in [-0.3, -0.25) is 19.4 Å². The summed E-state index contributed by atoms with van der Waals surface area (Å²) in [6.07, 6.45) is 2.06. The molecular formula is C23H27N3O3. The number of ether oxygens (including phenoxy) is 1. The number of fused-ring (bicyclic) bond motifs is 1. The van der Waals surface area contributed by atoms with E-state index in [-0.39, 0.29) is 24.4 Å². The standard InChI is InChI=1S/C23H27N3O3/c1-23(2)22(28)24-18-7-4-5-8-20(18)26(23)21(27)15-25-14-6-9-19(25)16-10-12-17(29-3)13-11-16/h4-5,7-8,10-13,19H,6,9,14-15H2,1-3H3,(H,24,28).